The van der Waals surface area contributed by atoms with Crippen LogP contribution in [0.25, 0.3) is 22.5 Å². The van der Waals surface area contributed by atoms with Crippen molar-refractivity contribution in [3.63, 3.8) is 0 Å². The summed E-state index contributed by atoms with van der Waals surface area (Å²) in [5.74, 6) is 0. The predicted octanol–water partition coefficient (Wildman–Crippen LogP) is 4.05. The van der Waals surface area contributed by atoms with Gasteiger partial charge in [-0.3, -0.25) is 0 Å². The number of nitrogens with zero attached hydrogens (tertiary/aromatic N) is 2. The van der Waals surface area contributed by atoms with Gasteiger partial charge < -0.3 is 0 Å². The molecule has 3 aliphatic rings. The molecule has 2 atom stereocenters. The van der Waals surface area contributed by atoms with Gasteiger partial charge in [-0.25, -0.2) is 0 Å². The van der Waals surface area contributed by atoms with Crippen molar-refractivity contribution < 1.29 is 9.13 Å². The van der Waals surface area contributed by atoms with E-state index in [9.17, 15) is 0 Å². The van der Waals surface area contributed by atoms with Crippen LogP contribution in [0.3, 0.4) is 0 Å². The molecule has 176 valence electrons. The maximum atomic E-state index is 2.72. The monoisotopic (exact) mass is 476 g/mol. The van der Waals surface area contributed by atoms with Crippen LogP contribution in [0.4, 0.5) is 0 Å². The first-order chi connectivity index (χ1) is 18.1. The number of fused-ring (bicyclic) bond motifs is 6. The molecule has 0 radical (unpaired) electrons. The topological polar surface area (TPSA) is 7.76 Å². The van der Waals surface area contributed by atoms with Gasteiger partial charge in [0, 0.05) is 29.7 Å². The highest BCUT2D eigenvalue weighted by Gasteiger charge is 2.57. The number of hydrogen-bond donors (Lipinski definition) is 0. The number of rotatable bonds is 1. The molecule has 3 aliphatic heterocycles. The molecule has 3 aromatic carbocycles. The second-order valence-electron chi connectivity index (χ2n) is 11.1. The van der Waals surface area contributed by atoms with Gasteiger partial charge in [0.05, 0.1) is 5.56 Å². The van der Waals surface area contributed by atoms with Crippen molar-refractivity contribution in [3.05, 3.63) is 125 Å². The maximum Gasteiger partial charge on any atom is 0.406 e. The molecule has 2 aromatic heterocycles. The molecular formula is C34H29BN2+2. The third kappa shape index (κ3) is 2.77. The Hall–Kier alpha value is -3.98. The highest BCUT2D eigenvalue weighted by molar-refractivity contribution is 6.94. The Morgan fingerprint density at radius 1 is 0.649 bits per heavy atom. The summed E-state index contributed by atoms with van der Waals surface area (Å²) in [6.45, 7) is 6.97. The van der Waals surface area contributed by atoms with Crippen molar-refractivity contribution in [1.29, 1.82) is 0 Å². The highest BCUT2D eigenvalue weighted by Crippen LogP contribution is 2.41. The first-order valence-electron chi connectivity index (χ1n) is 13.5. The van der Waals surface area contributed by atoms with Crippen molar-refractivity contribution in [1.82, 2.24) is 0 Å². The summed E-state index contributed by atoms with van der Waals surface area (Å²) in [4.78, 5) is 0. The third-order valence-electron chi connectivity index (χ3n) is 8.99. The zero-order valence-corrected chi connectivity index (χ0v) is 21.6. The number of aromatic nitrogens is 2. The van der Waals surface area contributed by atoms with Crippen LogP contribution in [0, 0.1) is 20.8 Å². The van der Waals surface area contributed by atoms with E-state index in [0.717, 1.165) is 6.42 Å². The van der Waals surface area contributed by atoms with E-state index in [0.29, 0.717) is 6.04 Å². The molecule has 0 N–H and O–H groups in total. The van der Waals surface area contributed by atoms with Crippen LogP contribution in [-0.2, 0) is 6.42 Å². The summed E-state index contributed by atoms with van der Waals surface area (Å²) in [7, 11) is 0. The summed E-state index contributed by atoms with van der Waals surface area (Å²) in [5.41, 5.74) is 16.7. The smallest absolute Gasteiger partial charge is 0.193 e. The van der Waals surface area contributed by atoms with Crippen LogP contribution in [0.5, 0.6) is 0 Å². The van der Waals surface area contributed by atoms with E-state index in [-0.39, 0.29) is 12.8 Å². The van der Waals surface area contributed by atoms with Gasteiger partial charge in [0.25, 0.3) is 0 Å². The average Bonchev–Trinajstić information content (AvgIpc) is 3.18. The Kier molecular flexibility index (Phi) is 4.30. The lowest BCUT2D eigenvalue weighted by Crippen LogP contribution is -2.69. The normalized spacial score (nSPS) is 18.0. The fourth-order valence-electron chi connectivity index (χ4n) is 7.78. The molecule has 0 amide bonds. The van der Waals surface area contributed by atoms with Gasteiger partial charge in [0.2, 0.25) is 23.5 Å². The van der Waals surface area contributed by atoms with Crippen molar-refractivity contribution >= 4 is 23.4 Å². The molecule has 0 saturated heterocycles. The molecule has 8 rings (SSSR count). The van der Waals surface area contributed by atoms with Crippen LogP contribution in [0.1, 0.15) is 39.9 Å². The largest absolute Gasteiger partial charge is 0.406 e. The number of hydrogen-bond acceptors (Lipinski definition) is 0. The van der Waals surface area contributed by atoms with Gasteiger partial charge in [-0.05, 0) is 56.1 Å². The quantitative estimate of drug-likeness (QED) is 0.255. The van der Waals surface area contributed by atoms with Crippen LogP contribution < -0.4 is 25.8 Å². The van der Waals surface area contributed by atoms with E-state index in [4.69, 9.17) is 0 Å². The zero-order valence-electron chi connectivity index (χ0n) is 21.6. The molecule has 3 heteroatoms. The van der Waals surface area contributed by atoms with Crippen molar-refractivity contribution in [2.75, 3.05) is 0 Å². The van der Waals surface area contributed by atoms with Gasteiger partial charge >= 0.3 is 6.71 Å². The third-order valence-corrected chi connectivity index (χ3v) is 8.99. The fraction of sp³-hybridized carbons (Fsp3) is 0.176. The molecule has 0 fully saturated rings. The second-order valence-corrected chi connectivity index (χ2v) is 11.1. The van der Waals surface area contributed by atoms with Crippen molar-refractivity contribution in [3.8, 4) is 22.5 Å². The number of benzene rings is 3. The summed E-state index contributed by atoms with van der Waals surface area (Å²) in [6.07, 6.45) is 1.03. The first-order valence-corrected chi connectivity index (χ1v) is 13.5. The molecular weight excluding hydrogens is 447 g/mol. The Morgan fingerprint density at radius 2 is 1.27 bits per heavy atom. The predicted molar refractivity (Wildman–Crippen MR) is 150 cm³/mol. The standard InChI is InChI=1S/C34H29BN2/c1-21-18-22(2)33(23(3)19-21)35-31-16-8-14-28-25-11-5-4-10-24(25)20-30(36(28)31)34-27-13-7-6-12-26(27)29-15-9-17-32(35)37(29)34/h4-19,30,34H,20H2,1-3H3/q+2. The average molecular weight is 476 g/mol. The van der Waals surface area contributed by atoms with Crippen LogP contribution in [0.15, 0.2) is 97.1 Å². The van der Waals surface area contributed by atoms with Crippen LogP contribution >= 0.6 is 0 Å². The van der Waals surface area contributed by atoms with Gasteiger partial charge in [0.1, 0.15) is 0 Å². The Morgan fingerprint density at radius 3 is 2.03 bits per heavy atom. The SMILES string of the molecule is Cc1cc(C)c(B2c3cccc4[n+]3C(Cc3ccccc3-4)C3c4ccccc4-c4cccc2[n+]43)c(C)c1. The number of pyridine rings is 2. The van der Waals surface area contributed by atoms with E-state index >= 15 is 0 Å². The summed E-state index contributed by atoms with van der Waals surface area (Å²) in [5, 5.41) is 0. The molecule has 0 bridgehead atoms. The van der Waals surface area contributed by atoms with Crippen LogP contribution in [-0.4, -0.2) is 6.71 Å². The first kappa shape index (κ1) is 21.1. The molecule has 2 unspecified atom stereocenters. The lowest BCUT2D eigenvalue weighted by Gasteiger charge is -2.25. The van der Waals surface area contributed by atoms with Gasteiger partial charge in [-0.2, -0.15) is 9.13 Å². The molecule has 0 spiro atoms. The summed E-state index contributed by atoms with van der Waals surface area (Å²) < 4.78 is 5.42. The Labute approximate surface area is 219 Å². The highest BCUT2D eigenvalue weighted by atomic mass is 15.2. The Bertz CT molecular complexity index is 1750. The zero-order chi connectivity index (χ0) is 24.8. The van der Waals surface area contributed by atoms with Gasteiger partial charge in [-0.15, -0.1) is 0 Å². The van der Waals surface area contributed by atoms with E-state index in [1.54, 1.807) is 0 Å². The lowest BCUT2D eigenvalue weighted by atomic mass is 9.38. The van der Waals surface area contributed by atoms with Gasteiger partial charge in [0.15, 0.2) is 11.2 Å². The summed E-state index contributed by atoms with van der Waals surface area (Å²) >= 11 is 0. The molecule has 0 aliphatic carbocycles. The van der Waals surface area contributed by atoms with Crippen molar-refractivity contribution in [2.45, 2.75) is 39.3 Å². The number of aryl methyl sites for hydroxylation is 3. The molecule has 37 heavy (non-hydrogen) atoms. The maximum absolute atomic E-state index is 2.72. The molecule has 0 saturated carbocycles. The Balaban J connectivity index is 1.54. The molecule has 2 nitrogen and oxygen atoms in total. The fourth-order valence-corrected chi connectivity index (χ4v) is 7.78. The minimum atomic E-state index is 0.160. The van der Waals surface area contributed by atoms with Crippen LogP contribution in [0.2, 0.25) is 0 Å². The minimum absolute atomic E-state index is 0.160. The molecule has 5 heterocycles. The van der Waals surface area contributed by atoms with E-state index in [1.807, 2.05) is 0 Å². The van der Waals surface area contributed by atoms with Gasteiger partial charge in [-0.1, -0.05) is 77.4 Å². The summed E-state index contributed by atoms with van der Waals surface area (Å²) in [6, 6.07) is 37.4. The van der Waals surface area contributed by atoms with E-state index < -0.39 is 0 Å². The lowest BCUT2D eigenvalue weighted by molar-refractivity contribution is -0.779. The second kappa shape index (κ2) is 7.52. The minimum Gasteiger partial charge on any atom is -0.193 e. The van der Waals surface area contributed by atoms with Crippen molar-refractivity contribution in [2.24, 2.45) is 0 Å². The van der Waals surface area contributed by atoms with E-state index in [1.165, 1.54) is 67.0 Å². The van der Waals surface area contributed by atoms with E-state index in [2.05, 4.69) is 127 Å². The molecule has 5 aromatic rings.